The lowest BCUT2D eigenvalue weighted by atomic mass is 9.95. The second-order valence-electron chi connectivity index (χ2n) is 10.5. The maximum absolute atomic E-state index is 13.6. The van der Waals surface area contributed by atoms with E-state index < -0.39 is 0 Å². The molecule has 190 valence electrons. The topological polar surface area (TPSA) is 73.0 Å². The van der Waals surface area contributed by atoms with Crippen molar-refractivity contribution < 1.29 is 14.4 Å². The molecule has 2 fully saturated rings. The maximum atomic E-state index is 13.6. The molecule has 3 aliphatic heterocycles. The summed E-state index contributed by atoms with van der Waals surface area (Å²) >= 11 is 0. The number of carbonyl (C=O) groups is 3. The number of anilines is 3. The average molecular weight is 489 g/mol. The van der Waals surface area contributed by atoms with Crippen LogP contribution >= 0.6 is 0 Å². The van der Waals surface area contributed by atoms with E-state index in [-0.39, 0.29) is 30.3 Å². The molecule has 3 amide bonds. The summed E-state index contributed by atoms with van der Waals surface area (Å²) in [6.45, 7) is 6.53. The molecule has 7 heteroatoms. The lowest BCUT2D eigenvalue weighted by Crippen LogP contribution is -2.56. The Kier molecular flexibility index (Phi) is 6.99. The second kappa shape index (κ2) is 10.3. The van der Waals surface area contributed by atoms with Gasteiger partial charge in [0, 0.05) is 30.9 Å². The molecule has 0 aliphatic carbocycles. The van der Waals surface area contributed by atoms with E-state index in [1.807, 2.05) is 47.4 Å². The van der Waals surface area contributed by atoms with E-state index in [1.165, 1.54) is 5.56 Å². The summed E-state index contributed by atoms with van der Waals surface area (Å²) in [5.74, 6) is 0.108. The zero-order chi connectivity index (χ0) is 25.2. The van der Waals surface area contributed by atoms with E-state index in [2.05, 4.69) is 24.1 Å². The van der Waals surface area contributed by atoms with Crippen molar-refractivity contribution in [2.75, 3.05) is 41.3 Å². The van der Waals surface area contributed by atoms with Crippen molar-refractivity contribution in [1.82, 2.24) is 4.90 Å². The van der Waals surface area contributed by atoms with Gasteiger partial charge in [-0.2, -0.15) is 0 Å². The Morgan fingerprint density at radius 2 is 1.64 bits per heavy atom. The number of hydrogen-bond donors (Lipinski definition) is 1. The van der Waals surface area contributed by atoms with E-state index >= 15 is 0 Å². The molecule has 2 saturated heterocycles. The van der Waals surface area contributed by atoms with Crippen LogP contribution in [-0.2, 0) is 9.59 Å². The van der Waals surface area contributed by atoms with Gasteiger partial charge in [-0.15, -0.1) is 0 Å². The summed E-state index contributed by atoms with van der Waals surface area (Å²) < 4.78 is 0. The van der Waals surface area contributed by atoms with Crippen LogP contribution in [0.4, 0.5) is 17.1 Å². The third-order valence-corrected chi connectivity index (χ3v) is 7.68. The Balaban J connectivity index is 1.41. The van der Waals surface area contributed by atoms with Gasteiger partial charge in [0.05, 0.1) is 11.4 Å². The zero-order valence-electron chi connectivity index (χ0n) is 21.3. The summed E-state index contributed by atoms with van der Waals surface area (Å²) in [5, 5.41) is 2.95. The molecule has 0 saturated carbocycles. The molecule has 36 heavy (non-hydrogen) atoms. The van der Waals surface area contributed by atoms with Gasteiger partial charge in [0.15, 0.2) is 0 Å². The van der Waals surface area contributed by atoms with Crippen LogP contribution in [0.15, 0.2) is 42.5 Å². The summed E-state index contributed by atoms with van der Waals surface area (Å²) in [6, 6.07) is 13.2. The van der Waals surface area contributed by atoms with E-state index in [0.29, 0.717) is 22.9 Å². The smallest absolute Gasteiger partial charge is 0.253 e. The number of benzene rings is 2. The van der Waals surface area contributed by atoms with Crippen molar-refractivity contribution in [1.29, 1.82) is 0 Å². The quantitative estimate of drug-likeness (QED) is 0.657. The predicted octanol–water partition coefficient (Wildman–Crippen LogP) is 4.78. The highest BCUT2D eigenvalue weighted by molar-refractivity contribution is 6.11. The predicted molar refractivity (Wildman–Crippen MR) is 143 cm³/mol. The van der Waals surface area contributed by atoms with Gasteiger partial charge in [0.25, 0.3) is 5.91 Å². The first kappa shape index (κ1) is 24.3. The van der Waals surface area contributed by atoms with Crippen LogP contribution in [0.1, 0.15) is 74.2 Å². The zero-order valence-corrected chi connectivity index (χ0v) is 21.3. The number of likely N-dealkylation sites (tertiary alicyclic amines) is 1. The van der Waals surface area contributed by atoms with Crippen LogP contribution in [0.5, 0.6) is 0 Å². The summed E-state index contributed by atoms with van der Waals surface area (Å²) in [6.07, 6.45) is 6.01. The first-order chi connectivity index (χ1) is 17.4. The number of nitrogens with one attached hydrogen (secondary N) is 1. The molecular formula is C29H36N4O3. The van der Waals surface area contributed by atoms with Crippen LogP contribution in [0.2, 0.25) is 0 Å². The third kappa shape index (κ3) is 4.84. The van der Waals surface area contributed by atoms with E-state index in [0.717, 1.165) is 63.8 Å². The number of piperidine rings is 2. The Labute approximate surface area is 213 Å². The molecule has 3 aliphatic rings. The van der Waals surface area contributed by atoms with Gasteiger partial charge >= 0.3 is 0 Å². The molecule has 0 bridgehead atoms. The molecule has 5 rings (SSSR count). The molecular weight excluding hydrogens is 452 g/mol. The van der Waals surface area contributed by atoms with Gasteiger partial charge in [-0.1, -0.05) is 26.0 Å². The molecule has 0 spiro atoms. The Morgan fingerprint density at radius 1 is 0.917 bits per heavy atom. The van der Waals surface area contributed by atoms with Crippen LogP contribution in [0, 0.1) is 0 Å². The van der Waals surface area contributed by atoms with Gasteiger partial charge in [0.2, 0.25) is 11.8 Å². The molecule has 7 nitrogen and oxygen atoms in total. The van der Waals surface area contributed by atoms with Crippen molar-refractivity contribution >= 4 is 34.8 Å². The fourth-order valence-electron chi connectivity index (χ4n) is 5.63. The third-order valence-electron chi connectivity index (χ3n) is 7.68. The highest BCUT2D eigenvalue weighted by Gasteiger charge is 2.40. The number of amides is 3. The van der Waals surface area contributed by atoms with Crippen molar-refractivity contribution in [3.05, 3.63) is 53.6 Å². The van der Waals surface area contributed by atoms with Gasteiger partial charge in [-0.05, 0) is 80.3 Å². The van der Waals surface area contributed by atoms with Gasteiger partial charge in [-0.3, -0.25) is 19.3 Å². The van der Waals surface area contributed by atoms with Crippen LogP contribution in [-0.4, -0.2) is 54.8 Å². The molecule has 2 aromatic rings. The minimum absolute atomic E-state index is 0.000334. The highest BCUT2D eigenvalue weighted by atomic mass is 16.2. The van der Waals surface area contributed by atoms with Crippen molar-refractivity contribution in [3.8, 4) is 0 Å². The number of nitrogens with zero attached hydrogens (tertiary/aromatic N) is 3. The Hall–Kier alpha value is -3.35. The van der Waals surface area contributed by atoms with E-state index in [9.17, 15) is 14.4 Å². The lowest BCUT2D eigenvalue weighted by Gasteiger charge is -2.45. The molecule has 1 atom stereocenters. The fourth-order valence-corrected chi connectivity index (χ4v) is 5.63. The monoisotopic (exact) mass is 488 g/mol. The summed E-state index contributed by atoms with van der Waals surface area (Å²) in [4.78, 5) is 45.6. The van der Waals surface area contributed by atoms with Gasteiger partial charge in [-0.25, -0.2) is 0 Å². The lowest BCUT2D eigenvalue weighted by molar-refractivity contribution is -0.123. The molecule has 0 aromatic heterocycles. The van der Waals surface area contributed by atoms with Crippen molar-refractivity contribution in [2.24, 2.45) is 0 Å². The fraction of sp³-hybridized carbons (Fsp3) is 0.483. The maximum Gasteiger partial charge on any atom is 0.253 e. The van der Waals surface area contributed by atoms with Crippen molar-refractivity contribution in [2.45, 2.75) is 64.3 Å². The van der Waals surface area contributed by atoms with Gasteiger partial charge in [0.1, 0.15) is 12.6 Å². The standard InChI is InChI=1S/C29H36N4O3/c1-20(2)21-9-12-23(13-10-21)30-27(34)19-33-26-18-22(28(35)31-15-5-3-6-16-31)11-14-24(26)32-17-7-4-8-25(32)29(33)36/h9-14,18,20,25H,3-8,15-17,19H2,1-2H3,(H,30,34)/t25-/m0/s1. The second-order valence-corrected chi connectivity index (χ2v) is 10.5. The van der Waals surface area contributed by atoms with E-state index in [4.69, 9.17) is 0 Å². The molecule has 3 heterocycles. The first-order valence-electron chi connectivity index (χ1n) is 13.3. The Morgan fingerprint density at radius 3 is 2.36 bits per heavy atom. The number of carbonyl (C=O) groups excluding carboxylic acids is 3. The minimum Gasteiger partial charge on any atom is -0.358 e. The number of fused-ring (bicyclic) bond motifs is 3. The SMILES string of the molecule is CC(C)c1ccc(NC(=O)CN2C(=O)[C@@H]3CCCCN3c3ccc(C(=O)N4CCCCC4)cc32)cc1. The van der Waals surface area contributed by atoms with Crippen LogP contribution < -0.4 is 15.1 Å². The summed E-state index contributed by atoms with van der Waals surface area (Å²) in [5.41, 5.74) is 4.09. The first-order valence-corrected chi connectivity index (χ1v) is 13.3. The van der Waals surface area contributed by atoms with Crippen LogP contribution in [0.3, 0.4) is 0 Å². The Bertz CT molecular complexity index is 1140. The molecule has 1 N–H and O–H groups in total. The normalized spacial score (nSPS) is 19.7. The molecule has 2 aromatic carbocycles. The largest absolute Gasteiger partial charge is 0.358 e. The van der Waals surface area contributed by atoms with Crippen molar-refractivity contribution in [3.63, 3.8) is 0 Å². The molecule has 0 unspecified atom stereocenters. The minimum atomic E-state index is -0.256. The average Bonchev–Trinajstić information content (AvgIpc) is 2.91. The highest BCUT2D eigenvalue weighted by Crippen LogP contribution is 2.40. The number of hydrogen-bond acceptors (Lipinski definition) is 4. The number of rotatable bonds is 5. The van der Waals surface area contributed by atoms with Gasteiger partial charge < -0.3 is 15.1 Å². The van der Waals surface area contributed by atoms with Crippen LogP contribution in [0.25, 0.3) is 0 Å². The summed E-state index contributed by atoms with van der Waals surface area (Å²) in [7, 11) is 0. The molecule has 0 radical (unpaired) electrons. The van der Waals surface area contributed by atoms with E-state index in [1.54, 1.807) is 4.90 Å².